The number of esters is 1. The molecule has 0 bridgehead atoms. The van der Waals surface area contributed by atoms with Gasteiger partial charge in [0.2, 0.25) is 5.88 Å². The smallest absolute Gasteiger partial charge is 0.420 e. The molecule has 0 aliphatic heterocycles. The van der Waals surface area contributed by atoms with Crippen molar-refractivity contribution in [1.82, 2.24) is 14.5 Å². The average Bonchev–Trinajstić information content (AvgIpc) is 3.10. The molecule has 3 aromatic rings. The molecule has 3 rings (SSSR count). The molecule has 200 valence electrons. The summed E-state index contributed by atoms with van der Waals surface area (Å²) in [5, 5.41) is 0.694. The van der Waals surface area contributed by atoms with Crippen LogP contribution in [0.25, 0.3) is 22.2 Å². The van der Waals surface area contributed by atoms with Crippen LogP contribution >= 0.6 is 22.6 Å². The van der Waals surface area contributed by atoms with Gasteiger partial charge in [0.25, 0.3) is 0 Å². The van der Waals surface area contributed by atoms with Crippen LogP contribution in [-0.2, 0) is 25.5 Å². The highest BCUT2D eigenvalue weighted by molar-refractivity contribution is 14.1. The molecule has 0 aliphatic rings. The normalized spacial score (nSPS) is 12.8. The second-order valence-corrected chi connectivity index (χ2v) is 12.1. The molecule has 37 heavy (non-hydrogen) atoms. The van der Waals surface area contributed by atoms with Crippen LogP contribution in [0.15, 0.2) is 30.7 Å². The Labute approximate surface area is 231 Å². The summed E-state index contributed by atoms with van der Waals surface area (Å²) in [5.41, 5.74) is 0.141. The number of hydrogen-bond acceptors (Lipinski definition) is 9. The first-order valence-corrected chi connectivity index (χ1v) is 13.2. The lowest BCUT2D eigenvalue weighted by Gasteiger charge is -2.28. The van der Waals surface area contributed by atoms with Crippen molar-refractivity contribution in [3.63, 3.8) is 0 Å². The summed E-state index contributed by atoms with van der Waals surface area (Å²) in [4.78, 5) is 33.7. The standard InChI is InChI=1S/C24H29IN4O7S/c1-23(2,3)35-19(30)13-29(37(32)33)18-9-15(11-27-21(18)34-7)14-8-16-17(25)12-28(20(16)26-10-14)22(31)36-24(4,5)6/h8-12H,13H2,1-7H3,(H,32,33)/p-1. The number of ether oxygens (including phenoxy) is 3. The van der Waals surface area contributed by atoms with Crippen LogP contribution in [0.3, 0.4) is 0 Å². The number of anilines is 1. The Morgan fingerprint density at radius 2 is 1.65 bits per heavy atom. The monoisotopic (exact) mass is 643 g/mol. The zero-order valence-electron chi connectivity index (χ0n) is 21.5. The van der Waals surface area contributed by atoms with Crippen LogP contribution < -0.4 is 9.04 Å². The minimum absolute atomic E-state index is 0.0104. The van der Waals surface area contributed by atoms with Gasteiger partial charge >= 0.3 is 12.1 Å². The number of pyridine rings is 2. The van der Waals surface area contributed by atoms with Crippen LogP contribution in [0, 0.1) is 3.57 Å². The first-order chi connectivity index (χ1) is 17.1. The summed E-state index contributed by atoms with van der Waals surface area (Å²) in [6.07, 6.45) is 4.13. The molecule has 0 fully saturated rings. The van der Waals surface area contributed by atoms with Crippen LogP contribution in [0.5, 0.6) is 5.88 Å². The van der Waals surface area contributed by atoms with Crippen LogP contribution in [0.4, 0.5) is 10.5 Å². The van der Waals surface area contributed by atoms with Crippen LogP contribution in [-0.4, -0.2) is 60.2 Å². The number of methoxy groups -OCH3 is 1. The first kappa shape index (κ1) is 28.8. The van der Waals surface area contributed by atoms with Crippen molar-refractivity contribution in [2.75, 3.05) is 18.0 Å². The van der Waals surface area contributed by atoms with Gasteiger partial charge in [0, 0.05) is 49.9 Å². The number of rotatable bonds is 6. The summed E-state index contributed by atoms with van der Waals surface area (Å²) in [5.74, 6) is -0.721. The Bertz CT molecular complexity index is 1360. The first-order valence-electron chi connectivity index (χ1n) is 11.1. The molecule has 0 aromatic carbocycles. The van der Waals surface area contributed by atoms with Gasteiger partial charge < -0.3 is 18.8 Å². The molecule has 0 amide bonds. The Hall–Kier alpha value is -2.78. The summed E-state index contributed by atoms with van der Waals surface area (Å²) < 4.78 is 43.1. The molecule has 0 spiro atoms. The number of aromatic nitrogens is 3. The topological polar surface area (TPSA) is 136 Å². The molecular formula is C24H28IN4O7S-. The molecule has 0 N–H and O–H groups in total. The van der Waals surface area contributed by atoms with Crippen molar-refractivity contribution >= 4 is 62.6 Å². The summed E-state index contributed by atoms with van der Waals surface area (Å²) in [7, 11) is 1.35. The minimum Gasteiger partial charge on any atom is -0.755 e. The number of carbonyl (C=O) groups is 2. The highest BCUT2D eigenvalue weighted by Gasteiger charge is 2.24. The Kier molecular flexibility index (Phi) is 8.49. The highest BCUT2D eigenvalue weighted by atomic mass is 127. The third kappa shape index (κ3) is 7.17. The number of fused-ring (bicyclic) bond motifs is 1. The number of hydrogen-bond donors (Lipinski definition) is 0. The van der Waals surface area contributed by atoms with Crippen molar-refractivity contribution in [1.29, 1.82) is 0 Å². The SMILES string of the molecule is COc1ncc(-c2cnc3c(c2)c(I)cn3C(=O)OC(C)(C)C)cc1N(CC(=O)OC(C)(C)C)S(=O)[O-]. The maximum absolute atomic E-state index is 12.6. The maximum atomic E-state index is 12.6. The van der Waals surface area contributed by atoms with Crippen molar-refractivity contribution in [2.24, 2.45) is 0 Å². The zero-order chi connectivity index (χ0) is 27.7. The lowest BCUT2D eigenvalue weighted by Crippen LogP contribution is -2.36. The van der Waals surface area contributed by atoms with E-state index in [9.17, 15) is 18.4 Å². The fraction of sp³-hybridized carbons (Fsp3) is 0.417. The van der Waals surface area contributed by atoms with E-state index in [1.807, 2.05) is 6.07 Å². The van der Waals surface area contributed by atoms with E-state index < -0.39 is 41.1 Å². The van der Waals surface area contributed by atoms with Gasteiger partial charge in [-0.2, -0.15) is 0 Å². The van der Waals surface area contributed by atoms with E-state index in [4.69, 9.17) is 14.2 Å². The largest absolute Gasteiger partial charge is 0.755 e. The van der Waals surface area contributed by atoms with E-state index >= 15 is 0 Å². The molecule has 13 heteroatoms. The van der Waals surface area contributed by atoms with Gasteiger partial charge in [0.05, 0.1) is 7.11 Å². The lowest BCUT2D eigenvalue weighted by atomic mass is 10.1. The fourth-order valence-corrected chi connectivity index (χ4v) is 4.50. The molecule has 3 aromatic heterocycles. The van der Waals surface area contributed by atoms with Crippen molar-refractivity contribution < 1.29 is 32.6 Å². The predicted molar refractivity (Wildman–Crippen MR) is 146 cm³/mol. The third-order valence-electron chi connectivity index (χ3n) is 4.69. The van der Waals surface area contributed by atoms with E-state index in [0.29, 0.717) is 22.2 Å². The summed E-state index contributed by atoms with van der Waals surface area (Å²) in [6, 6.07) is 3.34. The van der Waals surface area contributed by atoms with Gasteiger partial charge in [-0.15, -0.1) is 0 Å². The molecule has 1 unspecified atom stereocenters. The van der Waals surface area contributed by atoms with Crippen LogP contribution in [0.1, 0.15) is 41.5 Å². The Morgan fingerprint density at radius 3 is 2.22 bits per heavy atom. The van der Waals surface area contributed by atoms with Crippen molar-refractivity contribution in [3.8, 4) is 17.0 Å². The molecular weight excluding hydrogens is 615 g/mol. The molecule has 1 atom stereocenters. The highest BCUT2D eigenvalue weighted by Crippen LogP contribution is 2.34. The number of halogens is 1. The quantitative estimate of drug-likeness (QED) is 0.217. The van der Waals surface area contributed by atoms with Crippen molar-refractivity contribution in [2.45, 2.75) is 52.7 Å². The van der Waals surface area contributed by atoms with Gasteiger partial charge in [-0.25, -0.2) is 19.3 Å². The van der Waals surface area contributed by atoms with Gasteiger partial charge in [0.1, 0.15) is 23.4 Å². The molecule has 3 heterocycles. The van der Waals surface area contributed by atoms with E-state index in [0.717, 1.165) is 7.88 Å². The molecule has 0 saturated carbocycles. The predicted octanol–water partition coefficient (Wildman–Crippen LogP) is 4.44. The van der Waals surface area contributed by atoms with E-state index in [1.165, 1.54) is 23.9 Å². The Balaban J connectivity index is 2.03. The van der Waals surface area contributed by atoms with Crippen LogP contribution in [0.2, 0.25) is 0 Å². The second kappa shape index (κ2) is 10.9. The second-order valence-electron chi connectivity index (χ2n) is 10.0. The molecule has 11 nitrogen and oxygen atoms in total. The Morgan fingerprint density at radius 1 is 1.05 bits per heavy atom. The van der Waals surface area contributed by atoms with Crippen molar-refractivity contribution in [3.05, 3.63) is 34.3 Å². The van der Waals surface area contributed by atoms with E-state index in [1.54, 1.807) is 53.9 Å². The summed E-state index contributed by atoms with van der Waals surface area (Å²) in [6.45, 7) is 9.84. The summed E-state index contributed by atoms with van der Waals surface area (Å²) >= 11 is -0.724. The zero-order valence-corrected chi connectivity index (χ0v) is 24.5. The molecule has 0 saturated heterocycles. The fourth-order valence-electron chi connectivity index (χ4n) is 3.32. The van der Waals surface area contributed by atoms with Gasteiger partial charge in [-0.05, 0) is 76.3 Å². The van der Waals surface area contributed by atoms with E-state index in [-0.39, 0.29) is 11.6 Å². The average molecular weight is 643 g/mol. The van der Waals surface area contributed by atoms with Gasteiger partial charge in [-0.3, -0.25) is 13.3 Å². The van der Waals surface area contributed by atoms with Gasteiger partial charge in [0.15, 0.2) is 5.65 Å². The number of carbonyl (C=O) groups excluding carboxylic acids is 2. The minimum atomic E-state index is -2.83. The number of nitrogens with zero attached hydrogens (tertiary/aromatic N) is 4. The molecule has 0 aliphatic carbocycles. The maximum Gasteiger partial charge on any atom is 0.420 e. The third-order valence-corrected chi connectivity index (χ3v) is 6.23. The van der Waals surface area contributed by atoms with Gasteiger partial charge in [-0.1, -0.05) is 0 Å². The van der Waals surface area contributed by atoms with E-state index in [2.05, 4.69) is 32.6 Å². The molecule has 0 radical (unpaired) electrons. The lowest BCUT2D eigenvalue weighted by molar-refractivity contribution is -0.152.